The Morgan fingerprint density at radius 1 is 1.36 bits per heavy atom. The Balaban J connectivity index is 1.80. The van der Waals surface area contributed by atoms with Crippen molar-refractivity contribution >= 4 is 11.9 Å². The van der Waals surface area contributed by atoms with Gasteiger partial charge in [-0.1, -0.05) is 6.42 Å². The largest absolute Gasteiger partial charge is 0.466 e. The molecule has 1 aromatic heterocycles. The van der Waals surface area contributed by atoms with E-state index in [4.69, 9.17) is 4.74 Å². The molecular formula is C16H25N3O3. The number of carbonyl (C=O) groups excluding carboxylic acids is 2. The van der Waals surface area contributed by atoms with E-state index in [9.17, 15) is 9.59 Å². The van der Waals surface area contributed by atoms with E-state index in [1.54, 1.807) is 19.4 Å². The van der Waals surface area contributed by atoms with Crippen molar-refractivity contribution < 1.29 is 14.3 Å². The highest BCUT2D eigenvalue weighted by molar-refractivity contribution is 5.80. The number of aromatic nitrogens is 2. The fourth-order valence-electron chi connectivity index (χ4n) is 2.57. The number of ether oxygens (including phenoxy) is 1. The lowest BCUT2D eigenvalue weighted by Gasteiger charge is -2.31. The monoisotopic (exact) mass is 307 g/mol. The van der Waals surface area contributed by atoms with Crippen molar-refractivity contribution in [1.82, 2.24) is 14.5 Å². The number of carbonyl (C=O) groups is 2. The third kappa shape index (κ3) is 4.86. The predicted octanol–water partition coefficient (Wildman–Crippen LogP) is 1.86. The first kappa shape index (κ1) is 16.5. The fourth-order valence-corrected chi connectivity index (χ4v) is 2.57. The van der Waals surface area contributed by atoms with Crippen LogP contribution >= 0.6 is 0 Å². The molecule has 22 heavy (non-hydrogen) atoms. The fraction of sp³-hybridized carbons (Fsp3) is 0.688. The molecular weight excluding hydrogens is 282 g/mol. The molecule has 1 amide bonds. The van der Waals surface area contributed by atoms with Gasteiger partial charge in [0.15, 0.2) is 0 Å². The second-order valence-corrected chi connectivity index (χ2v) is 5.66. The summed E-state index contributed by atoms with van der Waals surface area (Å²) in [7, 11) is 0. The van der Waals surface area contributed by atoms with Crippen LogP contribution in [0.5, 0.6) is 0 Å². The van der Waals surface area contributed by atoms with Crippen molar-refractivity contribution in [3.05, 3.63) is 18.7 Å². The average molecular weight is 307 g/mol. The van der Waals surface area contributed by atoms with Crippen LogP contribution in [-0.4, -0.2) is 46.0 Å². The van der Waals surface area contributed by atoms with Crippen molar-refractivity contribution in [2.75, 3.05) is 19.7 Å². The summed E-state index contributed by atoms with van der Waals surface area (Å²) in [5.74, 6) is 0.125. The summed E-state index contributed by atoms with van der Waals surface area (Å²) in [6.45, 7) is 4.13. The number of nitrogens with zero attached hydrogens (tertiary/aromatic N) is 3. The van der Waals surface area contributed by atoms with Gasteiger partial charge in [0.2, 0.25) is 5.91 Å². The van der Waals surface area contributed by atoms with Crippen molar-refractivity contribution in [3.63, 3.8) is 0 Å². The van der Waals surface area contributed by atoms with Crippen molar-refractivity contribution in [1.29, 1.82) is 0 Å². The normalized spacial score (nSPS) is 14.4. The first-order chi connectivity index (χ1) is 10.7. The highest BCUT2D eigenvalue weighted by Crippen LogP contribution is 2.28. The number of hydrogen-bond acceptors (Lipinski definition) is 4. The molecule has 1 aromatic rings. The Kier molecular flexibility index (Phi) is 6.43. The summed E-state index contributed by atoms with van der Waals surface area (Å²) >= 11 is 0. The molecule has 0 saturated heterocycles. The van der Waals surface area contributed by atoms with Gasteiger partial charge in [-0.3, -0.25) is 9.59 Å². The molecule has 122 valence electrons. The van der Waals surface area contributed by atoms with Crippen molar-refractivity contribution in [3.8, 4) is 0 Å². The summed E-state index contributed by atoms with van der Waals surface area (Å²) in [6, 6.07) is 0. The molecule has 0 N–H and O–H groups in total. The van der Waals surface area contributed by atoms with Gasteiger partial charge in [-0.25, -0.2) is 4.98 Å². The highest BCUT2D eigenvalue weighted by atomic mass is 16.5. The zero-order valence-corrected chi connectivity index (χ0v) is 13.2. The smallest absolute Gasteiger partial charge is 0.307 e. The molecule has 1 aliphatic rings. The first-order valence-corrected chi connectivity index (χ1v) is 8.11. The SMILES string of the molecule is CCOC(=O)CCN(CCCn1ccnc1)C(=O)C1CCC1. The topological polar surface area (TPSA) is 64.4 Å². The zero-order chi connectivity index (χ0) is 15.8. The van der Waals surface area contributed by atoms with Gasteiger partial charge in [-0.05, 0) is 26.2 Å². The summed E-state index contributed by atoms with van der Waals surface area (Å²) in [5.41, 5.74) is 0. The van der Waals surface area contributed by atoms with Gasteiger partial charge >= 0.3 is 5.97 Å². The van der Waals surface area contributed by atoms with Gasteiger partial charge in [-0.2, -0.15) is 0 Å². The molecule has 0 aliphatic heterocycles. The molecule has 1 saturated carbocycles. The third-order valence-corrected chi connectivity index (χ3v) is 4.06. The highest BCUT2D eigenvalue weighted by Gasteiger charge is 2.29. The molecule has 6 nitrogen and oxygen atoms in total. The maximum absolute atomic E-state index is 12.4. The molecule has 0 unspecified atom stereocenters. The Bertz CT molecular complexity index is 469. The molecule has 2 rings (SSSR count). The minimum absolute atomic E-state index is 0.162. The van der Waals surface area contributed by atoms with E-state index in [-0.39, 0.29) is 24.2 Å². The van der Waals surface area contributed by atoms with Crippen LogP contribution in [0.25, 0.3) is 0 Å². The molecule has 0 radical (unpaired) electrons. The van der Waals surface area contributed by atoms with Crippen LogP contribution in [0, 0.1) is 5.92 Å². The second kappa shape index (κ2) is 8.56. The predicted molar refractivity (Wildman–Crippen MR) is 82.0 cm³/mol. The van der Waals surface area contributed by atoms with Crippen LogP contribution in [0.15, 0.2) is 18.7 Å². The van der Waals surface area contributed by atoms with Gasteiger partial charge in [0.25, 0.3) is 0 Å². The molecule has 1 heterocycles. The molecule has 1 fully saturated rings. The minimum atomic E-state index is -0.233. The summed E-state index contributed by atoms with van der Waals surface area (Å²) in [5, 5.41) is 0. The van der Waals surface area contributed by atoms with E-state index in [0.29, 0.717) is 19.7 Å². The molecule has 0 spiro atoms. The van der Waals surface area contributed by atoms with Gasteiger partial charge in [-0.15, -0.1) is 0 Å². The number of aryl methyl sites for hydroxylation is 1. The lowest BCUT2D eigenvalue weighted by atomic mass is 9.84. The Morgan fingerprint density at radius 3 is 2.77 bits per heavy atom. The molecule has 0 aromatic carbocycles. The Labute approximate surface area is 131 Å². The maximum atomic E-state index is 12.4. The van der Waals surface area contributed by atoms with Crippen LogP contribution in [-0.2, 0) is 20.9 Å². The average Bonchev–Trinajstić information content (AvgIpc) is 2.94. The van der Waals surface area contributed by atoms with Crippen LogP contribution in [0.2, 0.25) is 0 Å². The number of imidazole rings is 1. The third-order valence-electron chi connectivity index (χ3n) is 4.06. The van der Waals surface area contributed by atoms with E-state index in [1.807, 2.05) is 15.7 Å². The van der Waals surface area contributed by atoms with Crippen molar-refractivity contribution in [2.24, 2.45) is 5.92 Å². The summed E-state index contributed by atoms with van der Waals surface area (Å²) in [6.07, 6.45) is 9.67. The molecule has 1 aliphatic carbocycles. The van der Waals surface area contributed by atoms with E-state index < -0.39 is 0 Å². The zero-order valence-electron chi connectivity index (χ0n) is 13.2. The lowest BCUT2D eigenvalue weighted by molar-refractivity contribution is -0.145. The molecule has 0 atom stereocenters. The number of amides is 1. The quantitative estimate of drug-likeness (QED) is 0.653. The van der Waals surface area contributed by atoms with Gasteiger partial charge < -0.3 is 14.2 Å². The molecule has 0 bridgehead atoms. The van der Waals surface area contributed by atoms with Crippen LogP contribution < -0.4 is 0 Å². The number of esters is 1. The molecule has 6 heteroatoms. The van der Waals surface area contributed by atoms with Gasteiger partial charge in [0, 0.05) is 37.9 Å². The van der Waals surface area contributed by atoms with Crippen LogP contribution in [0.3, 0.4) is 0 Å². The maximum Gasteiger partial charge on any atom is 0.307 e. The van der Waals surface area contributed by atoms with Crippen LogP contribution in [0.1, 0.15) is 39.0 Å². The standard InChI is InChI=1S/C16H25N3O3/c1-2-22-15(20)7-11-19(16(21)14-5-3-6-14)10-4-9-18-12-8-17-13-18/h8,12-14H,2-7,9-11H2,1H3. The van der Waals surface area contributed by atoms with E-state index >= 15 is 0 Å². The van der Waals surface area contributed by atoms with E-state index in [1.165, 1.54) is 0 Å². The number of hydrogen-bond donors (Lipinski definition) is 0. The van der Waals surface area contributed by atoms with E-state index in [2.05, 4.69) is 4.98 Å². The number of rotatable bonds is 9. The van der Waals surface area contributed by atoms with Gasteiger partial charge in [0.05, 0.1) is 19.4 Å². The minimum Gasteiger partial charge on any atom is -0.466 e. The van der Waals surface area contributed by atoms with E-state index in [0.717, 1.165) is 32.2 Å². The van der Waals surface area contributed by atoms with Gasteiger partial charge in [0.1, 0.15) is 0 Å². The summed E-state index contributed by atoms with van der Waals surface area (Å²) < 4.78 is 6.94. The van der Waals surface area contributed by atoms with Crippen LogP contribution in [0.4, 0.5) is 0 Å². The second-order valence-electron chi connectivity index (χ2n) is 5.66. The Hall–Kier alpha value is -1.85. The summed E-state index contributed by atoms with van der Waals surface area (Å²) in [4.78, 5) is 29.8. The first-order valence-electron chi connectivity index (χ1n) is 8.11. The van der Waals surface area contributed by atoms with Crippen molar-refractivity contribution in [2.45, 2.75) is 45.6 Å². The Morgan fingerprint density at radius 2 is 2.18 bits per heavy atom. The lowest BCUT2D eigenvalue weighted by Crippen LogP contribution is -2.41.